The molecule has 1 heterocycles. The maximum Gasteiger partial charge on any atom is 0.0533 e. The number of hydrogen-bond donors (Lipinski definition) is 2. The summed E-state index contributed by atoms with van der Waals surface area (Å²) in [6.45, 7) is 3.07. The summed E-state index contributed by atoms with van der Waals surface area (Å²) in [5, 5.41) is 17.2. The van der Waals surface area contributed by atoms with E-state index < -0.39 is 0 Å². The zero-order valence-electron chi connectivity index (χ0n) is 10.4. The van der Waals surface area contributed by atoms with Gasteiger partial charge in [0.15, 0.2) is 0 Å². The highest BCUT2D eigenvalue weighted by atomic mass is 16.3. The van der Waals surface area contributed by atoms with Crippen molar-refractivity contribution in [3.8, 4) is 0 Å². The molecule has 17 heavy (non-hydrogen) atoms. The lowest BCUT2D eigenvalue weighted by atomic mass is 9.74. The average Bonchev–Trinajstić information content (AvgIpc) is 2.89. The normalized spacial score (nSPS) is 19.4. The van der Waals surface area contributed by atoms with Gasteiger partial charge in [-0.25, -0.2) is 0 Å². The molecule has 0 bridgehead atoms. The minimum absolute atomic E-state index is 0.141. The molecule has 0 aromatic carbocycles. The topological polar surface area (TPSA) is 50.1 Å². The van der Waals surface area contributed by atoms with Crippen molar-refractivity contribution >= 4 is 0 Å². The molecular weight excluding hydrogens is 214 g/mol. The summed E-state index contributed by atoms with van der Waals surface area (Å²) in [5.74, 6) is 0. The standard InChI is InChI=1S/C13H23N3O/c17-12-13(5-2-1-3-6-13)11-14-8-10-16-9-4-7-15-16/h4,7,9,14,17H,1-3,5-6,8,10-12H2. The molecule has 1 aromatic heterocycles. The van der Waals surface area contributed by atoms with Crippen LogP contribution in [0.1, 0.15) is 32.1 Å². The third-order valence-electron chi connectivity index (χ3n) is 3.83. The van der Waals surface area contributed by atoms with Crippen molar-refractivity contribution in [2.75, 3.05) is 19.7 Å². The lowest BCUT2D eigenvalue weighted by Crippen LogP contribution is -2.40. The van der Waals surface area contributed by atoms with Crippen LogP contribution in [0.3, 0.4) is 0 Å². The molecule has 1 aromatic rings. The van der Waals surface area contributed by atoms with E-state index >= 15 is 0 Å². The van der Waals surface area contributed by atoms with Gasteiger partial charge < -0.3 is 10.4 Å². The molecule has 0 atom stereocenters. The fourth-order valence-electron chi connectivity index (χ4n) is 2.67. The zero-order valence-corrected chi connectivity index (χ0v) is 10.4. The van der Waals surface area contributed by atoms with Crippen LogP contribution in [0.5, 0.6) is 0 Å². The third kappa shape index (κ3) is 3.54. The lowest BCUT2D eigenvalue weighted by Gasteiger charge is -2.35. The predicted octanol–water partition coefficient (Wildman–Crippen LogP) is 1.42. The smallest absolute Gasteiger partial charge is 0.0533 e. The van der Waals surface area contributed by atoms with E-state index in [9.17, 15) is 5.11 Å². The van der Waals surface area contributed by atoms with E-state index in [2.05, 4.69) is 10.4 Å². The van der Waals surface area contributed by atoms with Crippen LogP contribution in [-0.2, 0) is 6.54 Å². The number of nitrogens with zero attached hydrogens (tertiary/aromatic N) is 2. The Bertz CT molecular complexity index is 304. The second kappa shape index (κ2) is 6.17. The first-order valence-electron chi connectivity index (χ1n) is 6.64. The summed E-state index contributed by atoms with van der Waals surface area (Å²) in [7, 11) is 0. The number of aliphatic hydroxyl groups excluding tert-OH is 1. The number of aromatic nitrogens is 2. The number of aliphatic hydroxyl groups is 1. The molecular formula is C13H23N3O. The molecule has 0 amide bonds. The van der Waals surface area contributed by atoms with E-state index in [1.807, 2.05) is 16.9 Å². The molecule has 0 saturated heterocycles. The summed E-state index contributed by atoms with van der Waals surface area (Å²) in [5.41, 5.74) is 0.141. The first-order valence-corrected chi connectivity index (χ1v) is 6.64. The van der Waals surface area contributed by atoms with Gasteiger partial charge in [-0.05, 0) is 18.9 Å². The highest BCUT2D eigenvalue weighted by Crippen LogP contribution is 2.35. The van der Waals surface area contributed by atoms with E-state index in [1.165, 1.54) is 19.3 Å². The monoisotopic (exact) mass is 237 g/mol. The molecule has 0 unspecified atom stereocenters. The molecule has 0 aliphatic heterocycles. The van der Waals surface area contributed by atoms with E-state index in [4.69, 9.17) is 0 Å². The summed E-state index contributed by atoms with van der Waals surface area (Å²) < 4.78 is 1.93. The summed E-state index contributed by atoms with van der Waals surface area (Å²) in [6, 6.07) is 1.94. The van der Waals surface area contributed by atoms with E-state index in [-0.39, 0.29) is 5.41 Å². The molecule has 1 aliphatic carbocycles. The zero-order chi connectivity index (χ0) is 12.0. The van der Waals surface area contributed by atoms with Crippen LogP contribution in [0.4, 0.5) is 0 Å². The molecule has 0 spiro atoms. The highest BCUT2D eigenvalue weighted by molar-refractivity contribution is 4.84. The Hall–Kier alpha value is -0.870. The van der Waals surface area contributed by atoms with Crippen LogP contribution < -0.4 is 5.32 Å². The van der Waals surface area contributed by atoms with Crippen molar-refractivity contribution < 1.29 is 5.11 Å². The Kier molecular flexibility index (Phi) is 4.57. The first kappa shape index (κ1) is 12.6. The van der Waals surface area contributed by atoms with Crippen molar-refractivity contribution in [3.63, 3.8) is 0 Å². The molecule has 0 radical (unpaired) electrons. The average molecular weight is 237 g/mol. The molecule has 4 nitrogen and oxygen atoms in total. The minimum atomic E-state index is 0.141. The van der Waals surface area contributed by atoms with E-state index in [0.29, 0.717) is 6.61 Å². The van der Waals surface area contributed by atoms with Crippen LogP contribution >= 0.6 is 0 Å². The maximum atomic E-state index is 9.57. The Morgan fingerprint density at radius 3 is 2.76 bits per heavy atom. The molecule has 1 fully saturated rings. The Morgan fingerprint density at radius 1 is 1.29 bits per heavy atom. The van der Waals surface area contributed by atoms with Crippen molar-refractivity contribution in [1.82, 2.24) is 15.1 Å². The van der Waals surface area contributed by atoms with Gasteiger partial charge in [-0.2, -0.15) is 5.10 Å². The molecule has 1 aliphatic rings. The van der Waals surface area contributed by atoms with Crippen molar-refractivity contribution in [2.45, 2.75) is 38.6 Å². The molecule has 2 rings (SSSR count). The largest absolute Gasteiger partial charge is 0.396 e. The SMILES string of the molecule is OCC1(CNCCn2cccn2)CCCCC1. The Balaban J connectivity index is 1.69. The summed E-state index contributed by atoms with van der Waals surface area (Å²) in [6.07, 6.45) is 9.97. The molecule has 1 saturated carbocycles. The van der Waals surface area contributed by atoms with Gasteiger partial charge in [0.05, 0.1) is 6.54 Å². The predicted molar refractivity (Wildman–Crippen MR) is 67.7 cm³/mol. The van der Waals surface area contributed by atoms with Gasteiger partial charge in [0.1, 0.15) is 0 Å². The number of rotatable bonds is 6. The quantitative estimate of drug-likeness (QED) is 0.736. The van der Waals surface area contributed by atoms with Gasteiger partial charge in [0.2, 0.25) is 0 Å². The fraction of sp³-hybridized carbons (Fsp3) is 0.769. The second-order valence-electron chi connectivity index (χ2n) is 5.16. The van der Waals surface area contributed by atoms with Crippen molar-refractivity contribution in [2.24, 2.45) is 5.41 Å². The number of nitrogens with one attached hydrogen (secondary N) is 1. The van der Waals surface area contributed by atoms with Gasteiger partial charge in [-0.15, -0.1) is 0 Å². The van der Waals surface area contributed by atoms with Crippen LogP contribution in [0, 0.1) is 5.41 Å². The van der Waals surface area contributed by atoms with Gasteiger partial charge in [-0.3, -0.25) is 4.68 Å². The van der Waals surface area contributed by atoms with Crippen LogP contribution in [0.15, 0.2) is 18.5 Å². The van der Waals surface area contributed by atoms with Gasteiger partial charge in [0.25, 0.3) is 0 Å². The van der Waals surface area contributed by atoms with E-state index in [1.54, 1.807) is 6.20 Å². The maximum absolute atomic E-state index is 9.57. The lowest BCUT2D eigenvalue weighted by molar-refractivity contribution is 0.0812. The Morgan fingerprint density at radius 2 is 2.12 bits per heavy atom. The summed E-state index contributed by atoms with van der Waals surface area (Å²) >= 11 is 0. The van der Waals surface area contributed by atoms with Gasteiger partial charge in [-0.1, -0.05) is 19.3 Å². The van der Waals surface area contributed by atoms with Gasteiger partial charge >= 0.3 is 0 Å². The third-order valence-corrected chi connectivity index (χ3v) is 3.83. The fourth-order valence-corrected chi connectivity index (χ4v) is 2.67. The summed E-state index contributed by atoms with van der Waals surface area (Å²) in [4.78, 5) is 0. The van der Waals surface area contributed by atoms with Crippen molar-refractivity contribution in [3.05, 3.63) is 18.5 Å². The van der Waals surface area contributed by atoms with Crippen LogP contribution in [-0.4, -0.2) is 34.6 Å². The highest BCUT2D eigenvalue weighted by Gasteiger charge is 2.30. The van der Waals surface area contributed by atoms with Crippen molar-refractivity contribution in [1.29, 1.82) is 0 Å². The molecule has 96 valence electrons. The van der Waals surface area contributed by atoms with E-state index in [0.717, 1.165) is 32.5 Å². The van der Waals surface area contributed by atoms with Crippen LogP contribution in [0.2, 0.25) is 0 Å². The molecule has 2 N–H and O–H groups in total. The van der Waals surface area contributed by atoms with Crippen LogP contribution in [0.25, 0.3) is 0 Å². The Labute approximate surface area is 103 Å². The second-order valence-corrected chi connectivity index (χ2v) is 5.16. The molecule has 4 heteroatoms. The number of hydrogen-bond acceptors (Lipinski definition) is 3. The first-order chi connectivity index (χ1) is 8.35. The minimum Gasteiger partial charge on any atom is -0.396 e. The van der Waals surface area contributed by atoms with Gasteiger partial charge in [0, 0.05) is 37.5 Å².